The Kier molecular flexibility index (Phi) is 3.49. The van der Waals surface area contributed by atoms with Gasteiger partial charge in [-0.2, -0.15) is 5.10 Å². The van der Waals surface area contributed by atoms with Crippen LogP contribution in [0.25, 0.3) is 5.69 Å². The van der Waals surface area contributed by atoms with Crippen LogP contribution in [-0.4, -0.2) is 20.8 Å². The molecule has 1 heterocycles. The molecule has 0 saturated carbocycles. The van der Waals surface area contributed by atoms with E-state index in [1.54, 1.807) is 17.1 Å². The SMILES string of the molecule is CCC(N)Cc1cc(F)ccc1-n1cncn1. The van der Waals surface area contributed by atoms with Gasteiger partial charge in [-0.3, -0.25) is 0 Å². The van der Waals surface area contributed by atoms with Gasteiger partial charge in [0.05, 0.1) is 5.69 Å². The Morgan fingerprint density at radius 1 is 1.47 bits per heavy atom. The number of aromatic nitrogens is 3. The van der Waals surface area contributed by atoms with Crippen molar-refractivity contribution in [2.45, 2.75) is 25.8 Å². The summed E-state index contributed by atoms with van der Waals surface area (Å²) >= 11 is 0. The van der Waals surface area contributed by atoms with Gasteiger partial charge >= 0.3 is 0 Å². The van der Waals surface area contributed by atoms with Crippen LogP contribution in [0.15, 0.2) is 30.9 Å². The zero-order valence-electron chi connectivity index (χ0n) is 9.68. The first-order chi connectivity index (χ1) is 8.20. The zero-order chi connectivity index (χ0) is 12.3. The predicted molar refractivity (Wildman–Crippen MR) is 63.3 cm³/mol. The maximum absolute atomic E-state index is 13.3. The third-order valence-electron chi connectivity index (χ3n) is 2.71. The van der Waals surface area contributed by atoms with Crippen molar-refractivity contribution in [3.05, 3.63) is 42.2 Å². The average molecular weight is 234 g/mol. The molecule has 0 saturated heterocycles. The molecule has 2 rings (SSSR count). The lowest BCUT2D eigenvalue weighted by molar-refractivity contribution is 0.611. The molecule has 5 heteroatoms. The van der Waals surface area contributed by atoms with Crippen LogP contribution in [0, 0.1) is 5.82 Å². The summed E-state index contributed by atoms with van der Waals surface area (Å²) in [7, 11) is 0. The predicted octanol–water partition coefficient (Wildman–Crippen LogP) is 1.69. The summed E-state index contributed by atoms with van der Waals surface area (Å²) in [5.41, 5.74) is 7.59. The number of rotatable bonds is 4. The summed E-state index contributed by atoms with van der Waals surface area (Å²) < 4.78 is 14.9. The monoisotopic (exact) mass is 234 g/mol. The average Bonchev–Trinajstić information content (AvgIpc) is 2.82. The van der Waals surface area contributed by atoms with Crippen LogP contribution in [0.1, 0.15) is 18.9 Å². The van der Waals surface area contributed by atoms with Crippen molar-refractivity contribution in [3.63, 3.8) is 0 Å². The van der Waals surface area contributed by atoms with Gasteiger partial charge in [0.1, 0.15) is 18.5 Å². The van der Waals surface area contributed by atoms with E-state index in [2.05, 4.69) is 10.1 Å². The standard InChI is InChI=1S/C12H15FN4/c1-2-11(14)6-9-5-10(13)3-4-12(9)17-8-15-7-16-17/h3-5,7-8,11H,2,6,14H2,1H3. The minimum atomic E-state index is -0.257. The van der Waals surface area contributed by atoms with Crippen LogP contribution in [0.5, 0.6) is 0 Å². The van der Waals surface area contributed by atoms with Gasteiger partial charge in [-0.05, 0) is 36.6 Å². The molecule has 90 valence electrons. The van der Waals surface area contributed by atoms with Crippen LogP contribution in [0.4, 0.5) is 4.39 Å². The van der Waals surface area contributed by atoms with Gasteiger partial charge in [0, 0.05) is 6.04 Å². The van der Waals surface area contributed by atoms with E-state index >= 15 is 0 Å². The van der Waals surface area contributed by atoms with Crippen molar-refractivity contribution in [2.75, 3.05) is 0 Å². The summed E-state index contributed by atoms with van der Waals surface area (Å²) in [6, 6.07) is 4.64. The summed E-state index contributed by atoms with van der Waals surface area (Å²) in [5, 5.41) is 4.05. The lowest BCUT2D eigenvalue weighted by Crippen LogP contribution is -2.22. The summed E-state index contributed by atoms with van der Waals surface area (Å²) in [6.45, 7) is 2.01. The highest BCUT2D eigenvalue weighted by Crippen LogP contribution is 2.17. The third kappa shape index (κ3) is 2.68. The molecule has 0 fully saturated rings. The molecule has 0 amide bonds. The van der Waals surface area contributed by atoms with Crippen molar-refractivity contribution in [1.29, 1.82) is 0 Å². The molecule has 17 heavy (non-hydrogen) atoms. The molecule has 0 aliphatic rings. The maximum atomic E-state index is 13.3. The molecule has 0 aliphatic heterocycles. The highest BCUT2D eigenvalue weighted by atomic mass is 19.1. The van der Waals surface area contributed by atoms with Crippen LogP contribution in [-0.2, 0) is 6.42 Å². The highest BCUT2D eigenvalue weighted by molar-refractivity contribution is 5.40. The fourth-order valence-electron chi connectivity index (χ4n) is 1.70. The third-order valence-corrected chi connectivity index (χ3v) is 2.71. The molecule has 2 aromatic rings. The normalized spacial score (nSPS) is 12.6. The number of hydrogen-bond acceptors (Lipinski definition) is 3. The number of benzene rings is 1. The van der Waals surface area contributed by atoms with Gasteiger partial charge in [0.25, 0.3) is 0 Å². The zero-order valence-corrected chi connectivity index (χ0v) is 9.68. The lowest BCUT2D eigenvalue weighted by atomic mass is 10.0. The molecular weight excluding hydrogens is 219 g/mol. The molecule has 1 aromatic carbocycles. The van der Waals surface area contributed by atoms with E-state index in [9.17, 15) is 4.39 Å². The second-order valence-electron chi connectivity index (χ2n) is 3.99. The van der Waals surface area contributed by atoms with Crippen molar-refractivity contribution in [1.82, 2.24) is 14.8 Å². The first kappa shape index (κ1) is 11.7. The maximum Gasteiger partial charge on any atom is 0.138 e. The van der Waals surface area contributed by atoms with Gasteiger partial charge in [0.15, 0.2) is 0 Å². The largest absolute Gasteiger partial charge is 0.327 e. The van der Waals surface area contributed by atoms with Gasteiger partial charge < -0.3 is 5.73 Å². The number of hydrogen-bond donors (Lipinski definition) is 1. The van der Waals surface area contributed by atoms with E-state index in [4.69, 9.17) is 5.73 Å². The van der Waals surface area contributed by atoms with E-state index in [-0.39, 0.29) is 11.9 Å². The molecule has 1 atom stereocenters. The van der Waals surface area contributed by atoms with E-state index < -0.39 is 0 Å². The van der Waals surface area contributed by atoms with Crippen LogP contribution in [0.3, 0.4) is 0 Å². The molecule has 0 bridgehead atoms. The van der Waals surface area contributed by atoms with E-state index in [1.807, 2.05) is 6.92 Å². The molecular formula is C12H15FN4. The summed E-state index contributed by atoms with van der Waals surface area (Å²) in [6.07, 6.45) is 4.53. The first-order valence-corrected chi connectivity index (χ1v) is 5.59. The fraction of sp³-hybridized carbons (Fsp3) is 0.333. The fourth-order valence-corrected chi connectivity index (χ4v) is 1.70. The summed E-state index contributed by atoms with van der Waals surface area (Å²) in [4.78, 5) is 3.89. The highest BCUT2D eigenvalue weighted by Gasteiger charge is 2.10. The lowest BCUT2D eigenvalue weighted by Gasteiger charge is -2.13. The van der Waals surface area contributed by atoms with Gasteiger partial charge in [-0.25, -0.2) is 14.1 Å². The second-order valence-corrected chi connectivity index (χ2v) is 3.99. The van der Waals surface area contributed by atoms with Gasteiger partial charge in [-0.1, -0.05) is 6.92 Å². The van der Waals surface area contributed by atoms with Crippen LogP contribution in [0.2, 0.25) is 0 Å². The Balaban J connectivity index is 2.38. The topological polar surface area (TPSA) is 56.7 Å². The molecule has 1 unspecified atom stereocenters. The molecule has 4 nitrogen and oxygen atoms in total. The van der Waals surface area contributed by atoms with E-state index in [0.29, 0.717) is 6.42 Å². The molecule has 0 aliphatic carbocycles. The molecule has 0 radical (unpaired) electrons. The Labute approximate surface area is 99.3 Å². The van der Waals surface area contributed by atoms with Gasteiger partial charge in [-0.15, -0.1) is 0 Å². The quantitative estimate of drug-likeness (QED) is 0.875. The Bertz CT molecular complexity index is 481. The van der Waals surface area contributed by atoms with Crippen LogP contribution >= 0.6 is 0 Å². The molecule has 2 N–H and O–H groups in total. The second kappa shape index (κ2) is 5.05. The van der Waals surface area contributed by atoms with E-state index in [1.165, 1.54) is 18.5 Å². The number of halogens is 1. The smallest absolute Gasteiger partial charge is 0.138 e. The van der Waals surface area contributed by atoms with Crippen molar-refractivity contribution >= 4 is 0 Å². The Morgan fingerprint density at radius 3 is 2.94 bits per heavy atom. The summed E-state index contributed by atoms with van der Waals surface area (Å²) in [5.74, 6) is -0.257. The van der Waals surface area contributed by atoms with Crippen molar-refractivity contribution in [3.8, 4) is 5.69 Å². The van der Waals surface area contributed by atoms with Crippen molar-refractivity contribution in [2.24, 2.45) is 5.73 Å². The number of nitrogens with zero attached hydrogens (tertiary/aromatic N) is 3. The minimum Gasteiger partial charge on any atom is -0.327 e. The number of nitrogens with two attached hydrogens (primary N) is 1. The Hall–Kier alpha value is -1.75. The van der Waals surface area contributed by atoms with Gasteiger partial charge in [0.2, 0.25) is 0 Å². The van der Waals surface area contributed by atoms with Crippen molar-refractivity contribution < 1.29 is 4.39 Å². The Morgan fingerprint density at radius 2 is 2.29 bits per heavy atom. The molecule has 1 aromatic heterocycles. The minimum absolute atomic E-state index is 0.0269. The molecule has 0 spiro atoms. The van der Waals surface area contributed by atoms with Crippen LogP contribution < -0.4 is 5.73 Å². The first-order valence-electron chi connectivity index (χ1n) is 5.59. The van der Waals surface area contributed by atoms with E-state index in [0.717, 1.165) is 17.7 Å².